The number of hydrogen-bond donors (Lipinski definition) is 1. The van der Waals surface area contributed by atoms with Crippen LogP contribution in [0.5, 0.6) is 0 Å². The van der Waals surface area contributed by atoms with Gasteiger partial charge in [0, 0.05) is 0 Å². The zero-order chi connectivity index (χ0) is 9.56. The van der Waals surface area contributed by atoms with E-state index in [4.69, 9.17) is 15.2 Å². The third kappa shape index (κ3) is 5.52. The molecule has 0 rings (SSSR count). The number of ether oxygens (including phenoxy) is 2. The van der Waals surface area contributed by atoms with Crippen molar-refractivity contribution < 1.29 is 9.47 Å². The van der Waals surface area contributed by atoms with E-state index >= 15 is 0 Å². The maximum absolute atomic E-state index is 5.58. The van der Waals surface area contributed by atoms with Gasteiger partial charge in [-0.15, -0.1) is 0 Å². The minimum absolute atomic E-state index is 0.170. The summed E-state index contributed by atoms with van der Waals surface area (Å²) in [7, 11) is 0. The van der Waals surface area contributed by atoms with Crippen molar-refractivity contribution in [3.05, 3.63) is 0 Å². The maximum atomic E-state index is 5.58. The van der Waals surface area contributed by atoms with Crippen LogP contribution in [0.1, 0.15) is 40.5 Å². The predicted molar refractivity (Wildman–Crippen MR) is 49.7 cm³/mol. The smallest absolute Gasteiger partial charge is 0.213 e. The topological polar surface area (TPSA) is 44.5 Å². The van der Waals surface area contributed by atoms with Gasteiger partial charge < -0.3 is 9.47 Å². The lowest BCUT2D eigenvalue weighted by Crippen LogP contribution is -2.33. The Kier molecular flexibility index (Phi) is 6.34. The largest absolute Gasteiger partial charge is 0.337 e. The Bertz CT molecular complexity index is 96.7. The van der Waals surface area contributed by atoms with Crippen molar-refractivity contribution >= 4 is 0 Å². The van der Waals surface area contributed by atoms with E-state index in [1.165, 1.54) is 0 Å². The monoisotopic (exact) mass is 175 g/mol. The van der Waals surface area contributed by atoms with Gasteiger partial charge in [0.15, 0.2) is 0 Å². The Hall–Kier alpha value is -0.120. The van der Waals surface area contributed by atoms with Crippen molar-refractivity contribution in [3.63, 3.8) is 0 Å². The van der Waals surface area contributed by atoms with E-state index < -0.39 is 6.41 Å². The van der Waals surface area contributed by atoms with Crippen molar-refractivity contribution in [2.45, 2.75) is 59.2 Å². The van der Waals surface area contributed by atoms with Gasteiger partial charge in [-0.05, 0) is 26.7 Å². The van der Waals surface area contributed by atoms with E-state index in [0.29, 0.717) is 0 Å². The molecule has 3 heteroatoms. The summed E-state index contributed by atoms with van der Waals surface area (Å²) in [4.78, 5) is 0. The molecule has 0 saturated heterocycles. The van der Waals surface area contributed by atoms with Crippen LogP contribution < -0.4 is 5.73 Å². The molecular formula is C9H21NO2. The molecule has 0 aromatic rings. The van der Waals surface area contributed by atoms with Crippen LogP contribution in [0.2, 0.25) is 0 Å². The Balaban J connectivity index is 3.51. The third-order valence-corrected chi connectivity index (χ3v) is 1.88. The van der Waals surface area contributed by atoms with Crippen LogP contribution in [0.15, 0.2) is 0 Å². The molecule has 2 N–H and O–H groups in total. The van der Waals surface area contributed by atoms with E-state index in [9.17, 15) is 0 Å². The second kappa shape index (κ2) is 6.40. The fourth-order valence-electron chi connectivity index (χ4n) is 0.682. The van der Waals surface area contributed by atoms with E-state index in [0.717, 1.165) is 12.8 Å². The van der Waals surface area contributed by atoms with Crippen LogP contribution in [0.25, 0.3) is 0 Å². The number of rotatable bonds is 6. The zero-order valence-electron chi connectivity index (χ0n) is 8.54. The van der Waals surface area contributed by atoms with Gasteiger partial charge in [0.1, 0.15) is 0 Å². The first-order chi connectivity index (χ1) is 5.60. The highest BCUT2D eigenvalue weighted by molar-refractivity contribution is 4.48. The normalized spacial score (nSPS) is 18.8. The minimum atomic E-state index is -0.574. The van der Waals surface area contributed by atoms with E-state index in [-0.39, 0.29) is 12.2 Å². The van der Waals surface area contributed by atoms with Gasteiger partial charge in [0.05, 0.1) is 12.2 Å². The molecular weight excluding hydrogens is 154 g/mol. The van der Waals surface area contributed by atoms with Crippen LogP contribution in [-0.4, -0.2) is 18.6 Å². The van der Waals surface area contributed by atoms with Crippen molar-refractivity contribution in [2.75, 3.05) is 0 Å². The maximum Gasteiger partial charge on any atom is 0.213 e. The van der Waals surface area contributed by atoms with Crippen molar-refractivity contribution in [1.29, 1.82) is 0 Å². The predicted octanol–water partition coefficient (Wildman–Crippen LogP) is 1.86. The molecule has 0 spiro atoms. The first-order valence-corrected chi connectivity index (χ1v) is 4.66. The summed E-state index contributed by atoms with van der Waals surface area (Å²) in [5, 5.41) is 0. The summed E-state index contributed by atoms with van der Waals surface area (Å²) in [6, 6.07) is 0. The highest BCUT2D eigenvalue weighted by Gasteiger charge is 2.09. The summed E-state index contributed by atoms with van der Waals surface area (Å²) >= 11 is 0. The van der Waals surface area contributed by atoms with Gasteiger partial charge in [-0.2, -0.15) is 0 Å². The third-order valence-electron chi connectivity index (χ3n) is 1.88. The summed E-state index contributed by atoms with van der Waals surface area (Å²) in [5.74, 6) is 0. The Morgan fingerprint density at radius 3 is 1.58 bits per heavy atom. The molecule has 12 heavy (non-hydrogen) atoms. The van der Waals surface area contributed by atoms with Gasteiger partial charge in [-0.25, -0.2) is 0 Å². The van der Waals surface area contributed by atoms with E-state index in [1.807, 2.05) is 13.8 Å². The van der Waals surface area contributed by atoms with Crippen molar-refractivity contribution in [1.82, 2.24) is 0 Å². The molecule has 0 bridgehead atoms. The molecule has 2 atom stereocenters. The molecule has 0 aromatic heterocycles. The molecule has 0 amide bonds. The van der Waals surface area contributed by atoms with Gasteiger partial charge in [-0.1, -0.05) is 13.8 Å². The van der Waals surface area contributed by atoms with E-state index in [2.05, 4.69) is 13.8 Å². The van der Waals surface area contributed by atoms with Crippen LogP contribution in [0.4, 0.5) is 0 Å². The lowest BCUT2D eigenvalue weighted by Gasteiger charge is -2.21. The summed E-state index contributed by atoms with van der Waals surface area (Å²) in [5.41, 5.74) is 5.58. The molecule has 3 nitrogen and oxygen atoms in total. The van der Waals surface area contributed by atoms with Gasteiger partial charge in [0.2, 0.25) is 6.41 Å². The Morgan fingerprint density at radius 1 is 1.00 bits per heavy atom. The second-order valence-corrected chi connectivity index (χ2v) is 3.08. The quantitative estimate of drug-likeness (QED) is 0.627. The van der Waals surface area contributed by atoms with Crippen LogP contribution >= 0.6 is 0 Å². The van der Waals surface area contributed by atoms with Crippen molar-refractivity contribution in [3.8, 4) is 0 Å². The zero-order valence-corrected chi connectivity index (χ0v) is 8.54. The van der Waals surface area contributed by atoms with Crippen LogP contribution in [0, 0.1) is 0 Å². The molecule has 0 saturated carbocycles. The first kappa shape index (κ1) is 11.9. The fraction of sp³-hybridized carbons (Fsp3) is 1.00. The second-order valence-electron chi connectivity index (χ2n) is 3.08. The average molecular weight is 175 g/mol. The molecule has 74 valence electrons. The molecule has 0 fully saturated rings. The fourth-order valence-corrected chi connectivity index (χ4v) is 0.682. The lowest BCUT2D eigenvalue weighted by molar-refractivity contribution is -0.184. The summed E-state index contributed by atoms with van der Waals surface area (Å²) in [6.45, 7) is 8.08. The Labute approximate surface area is 75.2 Å². The van der Waals surface area contributed by atoms with Gasteiger partial charge in [-0.3, -0.25) is 5.73 Å². The SMILES string of the molecule is CCC(C)OC(N)OC(C)CC. The van der Waals surface area contributed by atoms with Gasteiger partial charge in [0.25, 0.3) is 0 Å². The van der Waals surface area contributed by atoms with Crippen LogP contribution in [0.3, 0.4) is 0 Å². The summed E-state index contributed by atoms with van der Waals surface area (Å²) in [6.07, 6.45) is 1.68. The van der Waals surface area contributed by atoms with Crippen molar-refractivity contribution in [2.24, 2.45) is 5.73 Å². The highest BCUT2D eigenvalue weighted by atomic mass is 16.7. The summed E-state index contributed by atoms with van der Waals surface area (Å²) < 4.78 is 10.7. The first-order valence-electron chi connectivity index (χ1n) is 4.66. The molecule has 0 aliphatic carbocycles. The van der Waals surface area contributed by atoms with E-state index in [1.54, 1.807) is 0 Å². The highest BCUT2D eigenvalue weighted by Crippen LogP contribution is 2.03. The minimum Gasteiger partial charge on any atom is -0.337 e. The standard InChI is InChI=1S/C9H21NO2/c1-5-7(3)11-9(10)12-8(4)6-2/h7-9H,5-6,10H2,1-4H3. The number of hydrogen-bond acceptors (Lipinski definition) is 3. The lowest BCUT2D eigenvalue weighted by atomic mass is 10.3. The average Bonchev–Trinajstić information content (AvgIpc) is 2.03. The molecule has 0 aliphatic rings. The number of nitrogens with two attached hydrogens (primary N) is 1. The molecule has 0 radical (unpaired) electrons. The molecule has 0 heterocycles. The molecule has 0 aliphatic heterocycles. The molecule has 0 aromatic carbocycles. The molecule has 2 unspecified atom stereocenters. The Morgan fingerprint density at radius 2 is 1.33 bits per heavy atom. The van der Waals surface area contributed by atoms with Gasteiger partial charge >= 0.3 is 0 Å². The van der Waals surface area contributed by atoms with Crippen LogP contribution in [-0.2, 0) is 9.47 Å².